The number of nitrogens with two attached hydrogens (primary N) is 1. The highest BCUT2D eigenvalue weighted by molar-refractivity contribution is 5.95. The average Bonchev–Trinajstić information content (AvgIpc) is 3.29. The molecule has 3 heterocycles. The number of carbonyl (C=O) groups is 1. The Morgan fingerprint density at radius 2 is 2.06 bits per heavy atom. The Hall–Kier alpha value is -3.59. The van der Waals surface area contributed by atoms with Gasteiger partial charge in [0.2, 0.25) is 5.91 Å². The average molecular weight is 477 g/mol. The number of nitrogen functional groups attached to an aromatic ring is 1. The molecule has 0 saturated carbocycles. The third-order valence-electron chi connectivity index (χ3n) is 6.92. The summed E-state index contributed by atoms with van der Waals surface area (Å²) in [5.74, 6) is 1.14. The molecule has 0 bridgehead atoms. The van der Waals surface area contributed by atoms with Gasteiger partial charge in [0.1, 0.15) is 11.6 Å². The van der Waals surface area contributed by atoms with Crippen LogP contribution in [-0.2, 0) is 17.8 Å². The number of aromatic hydroxyl groups is 1. The number of likely N-dealkylation sites (N-methyl/N-ethyl adjacent to an activating group) is 1. The van der Waals surface area contributed by atoms with Crippen LogP contribution < -0.4 is 15.4 Å². The van der Waals surface area contributed by atoms with Crippen LogP contribution in [-0.4, -0.2) is 77.7 Å². The minimum atomic E-state index is 0.112. The molecule has 1 saturated heterocycles. The van der Waals surface area contributed by atoms with Crippen molar-refractivity contribution in [2.45, 2.75) is 19.4 Å². The standard InChI is InChI=1S/C26H32N6O3/c1-30(2)24(34)15-31-9-7-17(13-31)16-35-26-28-22-14-32(10-8-21(22)25(27)29-26)23-12-19(33)11-18-5-3-4-6-20(18)23/h3-6,11-12,17,33H,7-10,13-16H2,1-2H3,(H2,27,28,29). The number of amides is 1. The topological polar surface area (TPSA) is 108 Å². The summed E-state index contributed by atoms with van der Waals surface area (Å²) in [6.45, 7) is 3.95. The first-order chi connectivity index (χ1) is 16.9. The maximum Gasteiger partial charge on any atom is 0.318 e. The van der Waals surface area contributed by atoms with Crippen molar-refractivity contribution in [3.05, 3.63) is 47.7 Å². The van der Waals surface area contributed by atoms with E-state index >= 15 is 0 Å². The fourth-order valence-electron chi connectivity index (χ4n) is 4.96. The van der Waals surface area contributed by atoms with Crippen molar-refractivity contribution in [1.82, 2.24) is 19.8 Å². The second kappa shape index (κ2) is 9.58. The summed E-state index contributed by atoms with van der Waals surface area (Å²) in [6, 6.07) is 11.9. The number of carbonyl (C=O) groups excluding carboxylic acids is 1. The van der Waals surface area contributed by atoms with Crippen LogP contribution in [0.2, 0.25) is 0 Å². The van der Waals surface area contributed by atoms with Gasteiger partial charge in [-0.2, -0.15) is 9.97 Å². The number of fused-ring (bicyclic) bond motifs is 2. The molecule has 3 aromatic rings. The molecule has 2 aliphatic rings. The van der Waals surface area contributed by atoms with E-state index < -0.39 is 0 Å². The third-order valence-corrected chi connectivity index (χ3v) is 6.92. The van der Waals surface area contributed by atoms with Gasteiger partial charge in [-0.1, -0.05) is 24.3 Å². The Bertz CT molecular complexity index is 1250. The van der Waals surface area contributed by atoms with Crippen LogP contribution >= 0.6 is 0 Å². The van der Waals surface area contributed by atoms with Gasteiger partial charge in [-0.15, -0.1) is 0 Å². The number of likely N-dealkylation sites (tertiary alicyclic amines) is 1. The van der Waals surface area contributed by atoms with Crippen molar-refractivity contribution in [3.8, 4) is 11.8 Å². The van der Waals surface area contributed by atoms with Crippen molar-refractivity contribution in [2.75, 3.05) is 57.5 Å². The van der Waals surface area contributed by atoms with E-state index in [1.165, 1.54) is 0 Å². The van der Waals surface area contributed by atoms with E-state index in [-0.39, 0.29) is 11.7 Å². The van der Waals surface area contributed by atoms with E-state index in [2.05, 4.69) is 20.9 Å². The van der Waals surface area contributed by atoms with Crippen LogP contribution in [0, 0.1) is 5.92 Å². The molecule has 0 aliphatic carbocycles. The van der Waals surface area contributed by atoms with Gasteiger partial charge in [-0.05, 0) is 30.8 Å². The highest BCUT2D eigenvalue weighted by Crippen LogP contribution is 2.35. The first kappa shape index (κ1) is 23.2. The summed E-state index contributed by atoms with van der Waals surface area (Å²) in [5.41, 5.74) is 9.09. The first-order valence-electron chi connectivity index (χ1n) is 12.0. The number of phenols is 1. The van der Waals surface area contributed by atoms with Gasteiger partial charge in [-0.25, -0.2) is 0 Å². The zero-order valence-electron chi connectivity index (χ0n) is 20.3. The Labute approximate surface area is 205 Å². The van der Waals surface area contributed by atoms with E-state index in [1.807, 2.05) is 24.3 Å². The van der Waals surface area contributed by atoms with Crippen molar-refractivity contribution >= 4 is 28.2 Å². The van der Waals surface area contributed by atoms with Crippen LogP contribution in [0.4, 0.5) is 11.5 Å². The van der Waals surface area contributed by atoms with Gasteiger partial charge in [0.05, 0.1) is 25.4 Å². The van der Waals surface area contributed by atoms with Crippen LogP contribution in [0.3, 0.4) is 0 Å². The van der Waals surface area contributed by atoms with E-state index in [1.54, 1.807) is 25.1 Å². The molecule has 9 nitrogen and oxygen atoms in total. The maximum absolute atomic E-state index is 12.0. The first-order valence-corrected chi connectivity index (χ1v) is 12.0. The monoisotopic (exact) mass is 476 g/mol. The molecule has 0 radical (unpaired) electrons. The maximum atomic E-state index is 12.0. The molecule has 0 spiro atoms. The van der Waals surface area contributed by atoms with E-state index in [4.69, 9.17) is 15.5 Å². The van der Waals surface area contributed by atoms with Crippen LogP contribution in [0.5, 0.6) is 11.8 Å². The number of anilines is 2. The molecular formula is C26H32N6O3. The Morgan fingerprint density at radius 1 is 1.23 bits per heavy atom. The summed E-state index contributed by atoms with van der Waals surface area (Å²) in [5, 5.41) is 12.4. The quantitative estimate of drug-likeness (QED) is 0.558. The van der Waals surface area contributed by atoms with Crippen molar-refractivity contribution in [2.24, 2.45) is 5.92 Å². The summed E-state index contributed by atoms with van der Waals surface area (Å²) < 4.78 is 5.99. The van der Waals surface area contributed by atoms with E-state index in [9.17, 15) is 9.90 Å². The summed E-state index contributed by atoms with van der Waals surface area (Å²) in [7, 11) is 3.56. The molecule has 1 unspecified atom stereocenters. The van der Waals surface area contributed by atoms with Crippen molar-refractivity contribution in [1.29, 1.82) is 0 Å². The van der Waals surface area contributed by atoms with Crippen molar-refractivity contribution in [3.63, 3.8) is 0 Å². The summed E-state index contributed by atoms with van der Waals surface area (Å²) in [6.07, 6.45) is 1.70. The summed E-state index contributed by atoms with van der Waals surface area (Å²) >= 11 is 0. The van der Waals surface area contributed by atoms with E-state index in [0.29, 0.717) is 37.4 Å². The third kappa shape index (κ3) is 4.95. The van der Waals surface area contributed by atoms with E-state index in [0.717, 1.165) is 60.2 Å². The lowest BCUT2D eigenvalue weighted by Gasteiger charge is -2.31. The van der Waals surface area contributed by atoms with Gasteiger partial charge in [-0.3, -0.25) is 9.69 Å². The largest absolute Gasteiger partial charge is 0.508 e. The minimum absolute atomic E-state index is 0.112. The number of phenolic OH excluding ortho intramolecular Hbond substituents is 1. The molecule has 2 aliphatic heterocycles. The van der Waals surface area contributed by atoms with Gasteiger partial charge in [0, 0.05) is 55.8 Å². The summed E-state index contributed by atoms with van der Waals surface area (Å²) in [4.78, 5) is 27.1. The fourth-order valence-corrected chi connectivity index (χ4v) is 4.96. The molecule has 1 atom stereocenters. The molecule has 1 aromatic heterocycles. The molecule has 1 fully saturated rings. The predicted octanol–water partition coefficient (Wildman–Crippen LogP) is 2.27. The lowest BCUT2D eigenvalue weighted by Crippen LogP contribution is -2.35. The van der Waals surface area contributed by atoms with Crippen LogP contribution in [0.15, 0.2) is 36.4 Å². The normalized spacial score (nSPS) is 18.0. The van der Waals surface area contributed by atoms with Crippen molar-refractivity contribution < 1.29 is 14.6 Å². The molecule has 184 valence electrons. The Morgan fingerprint density at radius 3 is 2.89 bits per heavy atom. The molecule has 3 N–H and O–H groups in total. The van der Waals surface area contributed by atoms with Crippen LogP contribution in [0.25, 0.3) is 10.8 Å². The zero-order chi connectivity index (χ0) is 24.5. The number of nitrogens with zero attached hydrogens (tertiary/aromatic N) is 5. The molecule has 1 amide bonds. The lowest BCUT2D eigenvalue weighted by atomic mass is 10.0. The number of benzene rings is 2. The molecular weight excluding hydrogens is 444 g/mol. The number of hydrogen-bond acceptors (Lipinski definition) is 8. The highest BCUT2D eigenvalue weighted by atomic mass is 16.5. The fraction of sp³-hybridized carbons (Fsp3) is 0.423. The molecule has 2 aromatic carbocycles. The number of hydrogen-bond donors (Lipinski definition) is 2. The van der Waals surface area contributed by atoms with Gasteiger partial charge in [0.15, 0.2) is 0 Å². The van der Waals surface area contributed by atoms with Crippen LogP contribution in [0.1, 0.15) is 17.7 Å². The Balaban J connectivity index is 1.28. The number of ether oxygens (including phenoxy) is 1. The number of rotatable bonds is 6. The smallest absolute Gasteiger partial charge is 0.318 e. The Kier molecular flexibility index (Phi) is 6.34. The lowest BCUT2D eigenvalue weighted by molar-refractivity contribution is -0.129. The predicted molar refractivity (Wildman–Crippen MR) is 136 cm³/mol. The zero-order valence-corrected chi connectivity index (χ0v) is 20.3. The molecule has 9 heteroatoms. The van der Waals surface area contributed by atoms with Gasteiger partial charge >= 0.3 is 6.01 Å². The van der Waals surface area contributed by atoms with Gasteiger partial charge in [0.25, 0.3) is 0 Å². The second-order valence-corrected chi connectivity index (χ2v) is 9.66. The number of aromatic nitrogens is 2. The highest BCUT2D eigenvalue weighted by Gasteiger charge is 2.27. The second-order valence-electron chi connectivity index (χ2n) is 9.66. The molecule has 35 heavy (non-hydrogen) atoms. The molecule has 5 rings (SSSR count). The van der Waals surface area contributed by atoms with Gasteiger partial charge < -0.3 is 25.4 Å². The SMILES string of the molecule is CN(C)C(=O)CN1CCC(COc2nc(N)c3c(n2)CN(c2cc(O)cc4ccccc24)CC3)C1. The minimum Gasteiger partial charge on any atom is -0.508 e.